The molecule has 7 rings (SSSR count). The van der Waals surface area contributed by atoms with Gasteiger partial charge >= 0.3 is 0 Å². The number of rotatable bonds is 8. The van der Waals surface area contributed by atoms with Crippen LogP contribution >= 0.6 is 0 Å². The van der Waals surface area contributed by atoms with E-state index >= 15 is 0 Å². The van der Waals surface area contributed by atoms with Crippen LogP contribution < -0.4 is 10.6 Å². The molecule has 2 aromatic rings. The summed E-state index contributed by atoms with van der Waals surface area (Å²) in [5, 5.41) is 15.7. The number of benzene rings is 1. The highest BCUT2D eigenvalue weighted by molar-refractivity contribution is 6.44. The van der Waals surface area contributed by atoms with E-state index in [-0.39, 0.29) is 29.8 Å². The lowest BCUT2D eigenvalue weighted by Gasteiger charge is -2.23. The number of anilines is 1. The standard InChI is InChI=1S/C24H22F2N6O3/c1-10(2)16(22(34)23(35)29-24(5-6-24)14-8-27-31-30-14)20-17-18-19(17)21(18)32(20)9-15(33)28-11-3-4-12(25)13(26)7-11/h3-4,7-8,17-19,21H,1,5-6,9H2,2H3,(H,28,33)(H,29,35)(H,27,30,31)/b20-16+/t17?,18-,19?,21?/m0/s1. The number of aromatic amines is 1. The van der Waals surface area contributed by atoms with Gasteiger partial charge in [0.1, 0.15) is 5.69 Å². The Morgan fingerprint density at radius 2 is 1.97 bits per heavy atom. The van der Waals surface area contributed by atoms with Gasteiger partial charge in [0.25, 0.3) is 11.7 Å². The molecule has 2 aliphatic heterocycles. The molecule has 3 aliphatic carbocycles. The smallest absolute Gasteiger partial charge is 0.293 e. The molecule has 2 bridgehead atoms. The number of allylic oxidation sites excluding steroid dienone is 2. The Bertz CT molecular complexity index is 1320. The molecule has 5 aliphatic rings. The number of hydrogen-bond acceptors (Lipinski definition) is 6. The van der Waals surface area contributed by atoms with Crippen molar-refractivity contribution < 1.29 is 23.2 Å². The van der Waals surface area contributed by atoms with Crippen molar-refractivity contribution in [3.63, 3.8) is 0 Å². The van der Waals surface area contributed by atoms with Crippen molar-refractivity contribution in [2.24, 2.45) is 17.8 Å². The zero-order chi connectivity index (χ0) is 24.6. The Morgan fingerprint density at radius 1 is 1.23 bits per heavy atom. The molecule has 1 aromatic heterocycles. The number of ketones is 1. The molecule has 35 heavy (non-hydrogen) atoms. The molecular weight excluding hydrogens is 458 g/mol. The average molecular weight is 480 g/mol. The number of H-pyrrole nitrogens is 1. The van der Waals surface area contributed by atoms with Crippen LogP contribution in [0.3, 0.4) is 0 Å². The Hall–Kier alpha value is -3.89. The monoisotopic (exact) mass is 480 g/mol. The highest BCUT2D eigenvalue weighted by Crippen LogP contribution is 2.80. The zero-order valence-corrected chi connectivity index (χ0v) is 18.8. The maximum atomic E-state index is 13.5. The van der Waals surface area contributed by atoms with E-state index in [9.17, 15) is 23.2 Å². The quantitative estimate of drug-likeness (QED) is 0.392. The summed E-state index contributed by atoms with van der Waals surface area (Å²) in [4.78, 5) is 40.9. The second kappa shape index (κ2) is 7.30. The highest BCUT2D eigenvalue weighted by Gasteiger charge is 2.83. The number of piperidine rings is 1. The molecule has 3 N–H and O–H groups in total. The molecule has 3 saturated carbocycles. The summed E-state index contributed by atoms with van der Waals surface area (Å²) in [5.74, 6) is -3.06. The molecule has 4 atom stereocenters. The Balaban J connectivity index is 1.22. The molecule has 0 radical (unpaired) electrons. The van der Waals surface area contributed by atoms with Crippen LogP contribution in [0.5, 0.6) is 0 Å². The maximum absolute atomic E-state index is 13.5. The highest BCUT2D eigenvalue weighted by atomic mass is 19.2. The van der Waals surface area contributed by atoms with Gasteiger partial charge in [-0.25, -0.2) is 8.78 Å². The van der Waals surface area contributed by atoms with Gasteiger partial charge in [0, 0.05) is 35.0 Å². The summed E-state index contributed by atoms with van der Waals surface area (Å²) in [7, 11) is 0. The largest absolute Gasteiger partial charge is 0.361 e. The van der Waals surface area contributed by atoms with Gasteiger partial charge in [-0.2, -0.15) is 15.4 Å². The normalized spacial score (nSPS) is 27.6. The second-order valence-corrected chi connectivity index (χ2v) is 9.74. The van der Waals surface area contributed by atoms with Crippen molar-refractivity contribution >= 4 is 23.3 Å². The number of nitrogens with zero attached hydrogens (tertiary/aromatic N) is 3. The molecule has 9 nitrogen and oxygen atoms in total. The van der Waals surface area contributed by atoms with Crippen molar-refractivity contribution in [1.29, 1.82) is 0 Å². The number of aromatic nitrogens is 3. The van der Waals surface area contributed by atoms with Crippen LogP contribution in [0.15, 0.2) is 47.8 Å². The van der Waals surface area contributed by atoms with Gasteiger partial charge in [-0.1, -0.05) is 6.58 Å². The van der Waals surface area contributed by atoms with Crippen LogP contribution in [0.1, 0.15) is 25.5 Å². The minimum Gasteiger partial charge on any atom is -0.361 e. The van der Waals surface area contributed by atoms with Crippen LogP contribution in [0.2, 0.25) is 0 Å². The van der Waals surface area contributed by atoms with Crippen molar-refractivity contribution in [2.45, 2.75) is 31.3 Å². The van der Waals surface area contributed by atoms with Gasteiger partial charge in [-0.05, 0) is 49.3 Å². The number of nitrogens with one attached hydrogen (secondary N) is 3. The minimum absolute atomic E-state index is 0.0724. The fourth-order valence-electron chi connectivity index (χ4n) is 5.46. The number of halogens is 2. The Kier molecular flexibility index (Phi) is 4.51. The molecule has 2 saturated heterocycles. The van der Waals surface area contributed by atoms with Crippen LogP contribution in [-0.2, 0) is 19.9 Å². The zero-order valence-electron chi connectivity index (χ0n) is 18.8. The molecule has 3 heterocycles. The molecule has 1 aromatic carbocycles. The lowest BCUT2D eigenvalue weighted by molar-refractivity contribution is -0.136. The first-order valence-electron chi connectivity index (χ1n) is 11.4. The molecular formula is C24H22F2N6O3. The summed E-state index contributed by atoms with van der Waals surface area (Å²) in [6, 6.07) is 3.27. The van der Waals surface area contributed by atoms with E-state index in [1.807, 2.05) is 4.90 Å². The second-order valence-electron chi connectivity index (χ2n) is 9.74. The van der Waals surface area contributed by atoms with E-state index in [1.165, 1.54) is 12.3 Å². The van der Waals surface area contributed by atoms with E-state index in [0.29, 0.717) is 41.6 Å². The minimum atomic E-state index is -1.06. The lowest BCUT2D eigenvalue weighted by Crippen LogP contribution is -2.41. The third-order valence-electron chi connectivity index (χ3n) is 7.41. The molecule has 2 amide bonds. The summed E-state index contributed by atoms with van der Waals surface area (Å²) in [6.45, 7) is 5.53. The fourth-order valence-corrected chi connectivity index (χ4v) is 5.46. The van der Waals surface area contributed by atoms with Crippen molar-refractivity contribution in [3.05, 3.63) is 65.1 Å². The lowest BCUT2D eigenvalue weighted by atomic mass is 9.97. The first-order valence-corrected chi connectivity index (χ1v) is 11.4. The number of Topliss-reactive ketones (excluding diaryl/α,β-unsaturated/α-hetero) is 1. The summed E-state index contributed by atoms with van der Waals surface area (Å²) < 4.78 is 26.7. The SMILES string of the molecule is C=C(C)/C(C(=O)C(=O)NC1(c2cn[nH]n2)CC1)=C1/C2C3C([C@@H]23)N1CC(=O)Nc1ccc(F)c(F)c1. The van der Waals surface area contributed by atoms with Crippen LogP contribution in [-0.4, -0.2) is 50.5 Å². The first-order chi connectivity index (χ1) is 16.7. The van der Waals surface area contributed by atoms with Gasteiger partial charge in [0.15, 0.2) is 11.6 Å². The summed E-state index contributed by atoms with van der Waals surface area (Å²) in [6.07, 6.45) is 2.84. The third-order valence-corrected chi connectivity index (χ3v) is 7.41. The Labute approximate surface area is 198 Å². The van der Waals surface area contributed by atoms with E-state index in [0.717, 1.165) is 12.1 Å². The van der Waals surface area contributed by atoms with Crippen LogP contribution in [0.4, 0.5) is 14.5 Å². The molecule has 3 unspecified atom stereocenters. The van der Waals surface area contributed by atoms with Gasteiger partial charge < -0.3 is 15.5 Å². The van der Waals surface area contributed by atoms with Gasteiger partial charge in [0.05, 0.1) is 18.3 Å². The first kappa shape index (κ1) is 21.6. The van der Waals surface area contributed by atoms with E-state index in [2.05, 4.69) is 32.6 Å². The summed E-state index contributed by atoms with van der Waals surface area (Å²) in [5.41, 5.74) is 1.37. The Morgan fingerprint density at radius 3 is 2.57 bits per heavy atom. The number of hydrogen-bond donors (Lipinski definition) is 3. The van der Waals surface area contributed by atoms with Crippen molar-refractivity contribution in [3.8, 4) is 0 Å². The predicted octanol–water partition coefficient (Wildman–Crippen LogP) is 1.79. The number of fused-ring (bicyclic) bond motifs is 1. The number of carbonyl (C=O) groups excluding carboxylic acids is 3. The molecule has 180 valence electrons. The number of amides is 2. The third kappa shape index (κ3) is 3.36. The van der Waals surface area contributed by atoms with Gasteiger partial charge in [-0.3, -0.25) is 14.4 Å². The van der Waals surface area contributed by atoms with Crippen molar-refractivity contribution in [1.82, 2.24) is 25.6 Å². The maximum Gasteiger partial charge on any atom is 0.293 e. The number of carbonyl (C=O) groups is 3. The van der Waals surface area contributed by atoms with Crippen LogP contribution in [0, 0.1) is 29.4 Å². The average Bonchev–Trinajstić information content (AvgIpc) is 3.74. The van der Waals surface area contributed by atoms with Crippen molar-refractivity contribution in [2.75, 3.05) is 11.9 Å². The van der Waals surface area contributed by atoms with E-state index in [4.69, 9.17) is 0 Å². The topological polar surface area (TPSA) is 120 Å². The van der Waals surface area contributed by atoms with E-state index in [1.54, 1.807) is 6.92 Å². The summed E-state index contributed by atoms with van der Waals surface area (Å²) >= 11 is 0. The van der Waals surface area contributed by atoms with Crippen LogP contribution in [0.25, 0.3) is 0 Å². The molecule has 5 fully saturated rings. The van der Waals surface area contributed by atoms with Gasteiger partial charge in [0.2, 0.25) is 5.91 Å². The van der Waals surface area contributed by atoms with Gasteiger partial charge in [-0.15, -0.1) is 0 Å². The molecule has 0 spiro atoms. The fraction of sp³-hybridized carbons (Fsp3) is 0.375. The predicted molar refractivity (Wildman–Crippen MR) is 118 cm³/mol. The molecule has 11 heteroatoms. The van der Waals surface area contributed by atoms with E-state index < -0.39 is 34.8 Å².